The topological polar surface area (TPSA) is 67.6 Å². The van der Waals surface area contributed by atoms with Crippen LogP contribution in [-0.4, -0.2) is 39.8 Å². The summed E-state index contributed by atoms with van der Waals surface area (Å²) in [5.41, 5.74) is 2.24. The number of nitrogens with zero attached hydrogens (tertiary/aromatic N) is 3. The van der Waals surface area contributed by atoms with Crippen molar-refractivity contribution in [1.82, 2.24) is 9.55 Å². The van der Waals surface area contributed by atoms with E-state index in [-0.39, 0.29) is 37.2 Å². The number of anilines is 1. The zero-order chi connectivity index (χ0) is 22.8. The molecule has 6 nitrogen and oxygen atoms in total. The summed E-state index contributed by atoms with van der Waals surface area (Å²) >= 11 is 0. The summed E-state index contributed by atoms with van der Waals surface area (Å²) in [5, 5.41) is 10.7. The average Bonchev–Trinajstić information content (AvgIpc) is 3.39. The van der Waals surface area contributed by atoms with Crippen LogP contribution in [0.1, 0.15) is 18.2 Å². The normalized spacial score (nSPS) is 17.0. The summed E-state index contributed by atoms with van der Waals surface area (Å²) in [6.07, 6.45) is -0.491. The number of aliphatic hydroxyl groups is 1. The lowest BCUT2D eigenvalue weighted by atomic mass is 10.1. The van der Waals surface area contributed by atoms with Gasteiger partial charge in [0, 0.05) is 24.6 Å². The molecule has 1 N–H and O–H groups in total. The minimum Gasteiger partial charge on any atom is -0.491 e. The van der Waals surface area contributed by atoms with Gasteiger partial charge in [-0.2, -0.15) is 0 Å². The third-order valence-electron chi connectivity index (χ3n) is 5.87. The molecule has 3 aromatic carbocycles. The van der Waals surface area contributed by atoms with Gasteiger partial charge in [0.1, 0.15) is 30.1 Å². The molecule has 1 amide bonds. The van der Waals surface area contributed by atoms with E-state index in [9.17, 15) is 14.3 Å². The Morgan fingerprint density at radius 3 is 2.67 bits per heavy atom. The molecular weight excluding hydrogens is 421 g/mol. The number of rotatable bonds is 7. The molecule has 2 heterocycles. The smallest absolute Gasteiger partial charge is 0.227 e. The van der Waals surface area contributed by atoms with E-state index in [1.807, 2.05) is 59.2 Å². The zero-order valence-electron chi connectivity index (χ0n) is 18.0. The molecule has 0 unspecified atom stereocenters. The van der Waals surface area contributed by atoms with E-state index in [0.29, 0.717) is 18.0 Å². The summed E-state index contributed by atoms with van der Waals surface area (Å²) in [6, 6.07) is 23.1. The maximum absolute atomic E-state index is 13.7. The number of imidazole rings is 1. The number of hydrogen-bond donors (Lipinski definition) is 1. The van der Waals surface area contributed by atoms with Gasteiger partial charge >= 0.3 is 0 Å². The predicted octanol–water partition coefficient (Wildman–Crippen LogP) is 4.14. The van der Waals surface area contributed by atoms with Gasteiger partial charge in [0.05, 0.1) is 17.6 Å². The second-order valence-electron chi connectivity index (χ2n) is 8.23. The number of halogens is 1. The van der Waals surface area contributed by atoms with Gasteiger partial charge < -0.3 is 19.3 Å². The lowest BCUT2D eigenvalue weighted by molar-refractivity contribution is -0.117. The lowest BCUT2D eigenvalue weighted by Crippen LogP contribution is -2.26. The fourth-order valence-corrected chi connectivity index (χ4v) is 4.34. The molecular formula is C26H24FN3O3. The summed E-state index contributed by atoms with van der Waals surface area (Å²) in [4.78, 5) is 19.2. The highest BCUT2D eigenvalue weighted by Crippen LogP contribution is 2.33. The molecule has 1 fully saturated rings. The highest BCUT2D eigenvalue weighted by molar-refractivity contribution is 5.96. The lowest BCUT2D eigenvalue weighted by Gasteiger charge is -2.19. The Labute approximate surface area is 190 Å². The molecule has 1 aliphatic rings. The van der Waals surface area contributed by atoms with Crippen LogP contribution in [0.3, 0.4) is 0 Å². The summed E-state index contributed by atoms with van der Waals surface area (Å²) in [6.45, 7) is 0.824. The van der Waals surface area contributed by atoms with Crippen molar-refractivity contribution >= 4 is 22.6 Å². The fourth-order valence-electron chi connectivity index (χ4n) is 4.34. The van der Waals surface area contributed by atoms with Crippen molar-refractivity contribution in [1.29, 1.82) is 0 Å². The zero-order valence-corrected chi connectivity index (χ0v) is 18.0. The number of ether oxygens (including phenoxy) is 1. The number of fused-ring (bicyclic) bond motifs is 1. The van der Waals surface area contributed by atoms with Crippen molar-refractivity contribution in [2.75, 3.05) is 18.1 Å². The molecule has 4 aromatic rings. The molecule has 0 bridgehead atoms. The Bertz CT molecular complexity index is 1270. The molecule has 33 heavy (non-hydrogen) atoms. The van der Waals surface area contributed by atoms with Crippen molar-refractivity contribution in [2.24, 2.45) is 0 Å². The van der Waals surface area contributed by atoms with Crippen LogP contribution in [0.2, 0.25) is 0 Å². The Morgan fingerprint density at radius 2 is 1.85 bits per heavy atom. The molecule has 1 saturated heterocycles. The number of amides is 1. The standard InChI is InChI=1S/C26H24FN3O3/c27-19-7-6-8-20(14-19)29-15-18(13-25(29)32)26-28-23-11-4-5-12-24(23)30(26)16-21(31)17-33-22-9-2-1-3-10-22/h1-12,14,18,21,31H,13,15-17H2/t18-,21+/m0/s1. The summed E-state index contributed by atoms with van der Waals surface area (Å²) < 4.78 is 21.4. The van der Waals surface area contributed by atoms with E-state index in [1.165, 1.54) is 12.1 Å². The second-order valence-corrected chi connectivity index (χ2v) is 8.23. The maximum Gasteiger partial charge on any atom is 0.227 e. The van der Waals surface area contributed by atoms with Crippen LogP contribution in [0, 0.1) is 5.82 Å². The molecule has 0 saturated carbocycles. The first kappa shape index (κ1) is 21.2. The Hall–Kier alpha value is -3.71. The number of carbonyl (C=O) groups excluding carboxylic acids is 1. The molecule has 0 spiro atoms. The van der Waals surface area contributed by atoms with Gasteiger partial charge in [-0.15, -0.1) is 0 Å². The average molecular weight is 445 g/mol. The Kier molecular flexibility index (Phi) is 5.79. The molecule has 7 heteroatoms. The second kappa shape index (κ2) is 9.03. The first-order chi connectivity index (χ1) is 16.1. The van der Waals surface area contributed by atoms with Crippen LogP contribution >= 0.6 is 0 Å². The molecule has 2 atom stereocenters. The third kappa shape index (κ3) is 4.45. The molecule has 1 aromatic heterocycles. The van der Waals surface area contributed by atoms with Gasteiger partial charge in [-0.1, -0.05) is 36.4 Å². The van der Waals surface area contributed by atoms with Crippen LogP contribution in [0.15, 0.2) is 78.9 Å². The van der Waals surface area contributed by atoms with E-state index in [2.05, 4.69) is 0 Å². The van der Waals surface area contributed by atoms with Gasteiger partial charge in [-0.25, -0.2) is 9.37 Å². The first-order valence-electron chi connectivity index (χ1n) is 11.0. The van der Waals surface area contributed by atoms with E-state index >= 15 is 0 Å². The van der Waals surface area contributed by atoms with E-state index in [0.717, 1.165) is 16.9 Å². The van der Waals surface area contributed by atoms with Crippen molar-refractivity contribution in [3.63, 3.8) is 0 Å². The quantitative estimate of drug-likeness (QED) is 0.464. The number of hydrogen-bond acceptors (Lipinski definition) is 4. The molecule has 0 aliphatic carbocycles. The van der Waals surface area contributed by atoms with Crippen LogP contribution in [-0.2, 0) is 11.3 Å². The molecule has 168 valence electrons. The van der Waals surface area contributed by atoms with Crippen molar-refractivity contribution in [3.8, 4) is 5.75 Å². The Balaban J connectivity index is 1.39. The highest BCUT2D eigenvalue weighted by atomic mass is 19.1. The number of para-hydroxylation sites is 3. The fraction of sp³-hybridized carbons (Fsp3) is 0.231. The van der Waals surface area contributed by atoms with Crippen molar-refractivity contribution in [3.05, 3.63) is 90.5 Å². The minimum absolute atomic E-state index is 0.0721. The van der Waals surface area contributed by atoms with Crippen molar-refractivity contribution < 1.29 is 19.0 Å². The van der Waals surface area contributed by atoms with Gasteiger partial charge in [0.25, 0.3) is 0 Å². The predicted molar refractivity (Wildman–Crippen MR) is 124 cm³/mol. The van der Waals surface area contributed by atoms with Crippen LogP contribution in [0.25, 0.3) is 11.0 Å². The number of carbonyl (C=O) groups is 1. The molecule has 0 radical (unpaired) electrons. The molecule has 1 aliphatic heterocycles. The molecule has 5 rings (SSSR count). The third-order valence-corrected chi connectivity index (χ3v) is 5.87. The van der Waals surface area contributed by atoms with Crippen LogP contribution in [0.5, 0.6) is 5.75 Å². The minimum atomic E-state index is -0.766. The number of aliphatic hydroxyl groups excluding tert-OH is 1. The van der Waals surface area contributed by atoms with Gasteiger partial charge in [-0.05, 0) is 42.5 Å². The van der Waals surface area contributed by atoms with Gasteiger partial charge in [0.2, 0.25) is 5.91 Å². The monoisotopic (exact) mass is 445 g/mol. The van der Waals surface area contributed by atoms with Crippen molar-refractivity contribution in [2.45, 2.75) is 25.0 Å². The van der Waals surface area contributed by atoms with Crippen LogP contribution in [0.4, 0.5) is 10.1 Å². The van der Waals surface area contributed by atoms with E-state index < -0.39 is 6.10 Å². The van der Waals surface area contributed by atoms with E-state index in [1.54, 1.807) is 17.0 Å². The SMILES string of the molecule is O=C1C[C@H](c2nc3ccccc3n2C[C@@H](O)COc2ccccc2)CN1c1cccc(F)c1. The number of aromatic nitrogens is 2. The van der Waals surface area contributed by atoms with E-state index in [4.69, 9.17) is 9.72 Å². The van der Waals surface area contributed by atoms with Crippen LogP contribution < -0.4 is 9.64 Å². The Morgan fingerprint density at radius 1 is 1.06 bits per heavy atom. The first-order valence-corrected chi connectivity index (χ1v) is 11.0. The highest BCUT2D eigenvalue weighted by Gasteiger charge is 2.35. The largest absolute Gasteiger partial charge is 0.491 e. The maximum atomic E-state index is 13.7. The van der Waals surface area contributed by atoms with Gasteiger partial charge in [0.15, 0.2) is 0 Å². The summed E-state index contributed by atoms with van der Waals surface area (Å²) in [5.74, 6) is 0.812. The summed E-state index contributed by atoms with van der Waals surface area (Å²) in [7, 11) is 0. The van der Waals surface area contributed by atoms with Gasteiger partial charge in [-0.3, -0.25) is 4.79 Å². The number of benzene rings is 3.